The standard InChI is InChI=1S/C17H25N3O3.ClH/c1-11-12(2)19(9-8-18-11)16(21)13-6-7-14(17(3,4)5)15(10-13)20(22)23;/h6-7,10-12,18H,8-9H2,1-5H3;1H. The van der Waals surface area contributed by atoms with E-state index in [0.717, 1.165) is 6.54 Å². The van der Waals surface area contributed by atoms with E-state index in [0.29, 0.717) is 17.7 Å². The highest BCUT2D eigenvalue weighted by Crippen LogP contribution is 2.32. The van der Waals surface area contributed by atoms with Crippen molar-refractivity contribution in [3.63, 3.8) is 0 Å². The van der Waals surface area contributed by atoms with E-state index in [1.807, 2.05) is 34.6 Å². The molecular formula is C17H26ClN3O3. The summed E-state index contributed by atoms with van der Waals surface area (Å²) in [5, 5.41) is 14.7. The number of carbonyl (C=O) groups is 1. The van der Waals surface area contributed by atoms with Crippen LogP contribution in [0.3, 0.4) is 0 Å². The molecule has 134 valence electrons. The summed E-state index contributed by atoms with van der Waals surface area (Å²) in [6.45, 7) is 11.2. The molecular weight excluding hydrogens is 330 g/mol. The molecule has 0 bridgehead atoms. The number of carbonyl (C=O) groups excluding carboxylic acids is 1. The van der Waals surface area contributed by atoms with Crippen LogP contribution >= 0.6 is 12.4 Å². The topological polar surface area (TPSA) is 75.5 Å². The van der Waals surface area contributed by atoms with Gasteiger partial charge >= 0.3 is 0 Å². The van der Waals surface area contributed by atoms with Gasteiger partial charge in [0.15, 0.2) is 0 Å². The van der Waals surface area contributed by atoms with Crippen LogP contribution in [0, 0.1) is 10.1 Å². The summed E-state index contributed by atoms with van der Waals surface area (Å²) in [7, 11) is 0. The zero-order chi connectivity index (χ0) is 17.4. The van der Waals surface area contributed by atoms with E-state index in [2.05, 4.69) is 5.32 Å². The Kier molecular flexibility index (Phi) is 6.36. The fourth-order valence-corrected chi connectivity index (χ4v) is 2.96. The van der Waals surface area contributed by atoms with E-state index in [-0.39, 0.29) is 41.5 Å². The Balaban J connectivity index is 0.00000288. The van der Waals surface area contributed by atoms with E-state index < -0.39 is 4.92 Å². The molecule has 7 heteroatoms. The summed E-state index contributed by atoms with van der Waals surface area (Å²) in [6.07, 6.45) is 0. The molecule has 0 radical (unpaired) electrons. The number of halogens is 1. The molecule has 1 aromatic carbocycles. The average molecular weight is 356 g/mol. The fraction of sp³-hybridized carbons (Fsp3) is 0.588. The first kappa shape index (κ1) is 20.4. The molecule has 2 unspecified atom stereocenters. The lowest BCUT2D eigenvalue weighted by Gasteiger charge is -2.38. The highest BCUT2D eigenvalue weighted by molar-refractivity contribution is 5.95. The van der Waals surface area contributed by atoms with Crippen molar-refractivity contribution in [2.45, 2.75) is 52.1 Å². The third-order valence-electron chi connectivity index (χ3n) is 4.54. The summed E-state index contributed by atoms with van der Waals surface area (Å²) in [6, 6.07) is 5.09. The Labute approximate surface area is 149 Å². The van der Waals surface area contributed by atoms with Gasteiger partial charge in [-0.15, -0.1) is 12.4 Å². The predicted molar refractivity (Wildman–Crippen MR) is 97.0 cm³/mol. The molecule has 2 atom stereocenters. The molecule has 1 aliphatic rings. The lowest BCUT2D eigenvalue weighted by Crippen LogP contribution is -2.57. The first-order valence-electron chi connectivity index (χ1n) is 7.96. The molecule has 0 aromatic heterocycles. The SMILES string of the molecule is CC1NCCN(C(=O)c2ccc(C(C)(C)C)c([N+](=O)[O-])c2)C1C.Cl. The van der Waals surface area contributed by atoms with E-state index in [4.69, 9.17) is 0 Å². The maximum atomic E-state index is 12.8. The summed E-state index contributed by atoms with van der Waals surface area (Å²) in [4.78, 5) is 25.6. The second kappa shape index (κ2) is 7.49. The minimum absolute atomic E-state index is 0. The summed E-state index contributed by atoms with van der Waals surface area (Å²) in [5.41, 5.74) is 0.687. The first-order chi connectivity index (χ1) is 10.6. The number of benzene rings is 1. The van der Waals surface area contributed by atoms with Crippen LogP contribution in [0.15, 0.2) is 18.2 Å². The minimum Gasteiger partial charge on any atom is -0.333 e. The van der Waals surface area contributed by atoms with Crippen LogP contribution in [0.25, 0.3) is 0 Å². The van der Waals surface area contributed by atoms with Gasteiger partial charge in [-0.3, -0.25) is 14.9 Å². The second-order valence-electron chi connectivity index (χ2n) is 7.22. The number of nitrogens with one attached hydrogen (secondary N) is 1. The van der Waals surface area contributed by atoms with Crippen LogP contribution in [0.5, 0.6) is 0 Å². The molecule has 1 N–H and O–H groups in total. The maximum absolute atomic E-state index is 12.8. The Hall–Kier alpha value is -1.66. The molecule has 1 saturated heterocycles. The number of piperazine rings is 1. The molecule has 1 fully saturated rings. The monoisotopic (exact) mass is 355 g/mol. The molecule has 0 spiro atoms. The van der Waals surface area contributed by atoms with Gasteiger partial charge in [0.05, 0.1) is 4.92 Å². The van der Waals surface area contributed by atoms with E-state index in [1.54, 1.807) is 17.0 Å². The van der Waals surface area contributed by atoms with Crippen molar-refractivity contribution in [1.82, 2.24) is 10.2 Å². The van der Waals surface area contributed by atoms with Gasteiger partial charge in [0.2, 0.25) is 0 Å². The van der Waals surface area contributed by atoms with Crippen LogP contribution in [-0.2, 0) is 5.41 Å². The quantitative estimate of drug-likeness (QED) is 0.653. The number of amides is 1. The van der Waals surface area contributed by atoms with Crippen molar-refractivity contribution in [2.75, 3.05) is 13.1 Å². The van der Waals surface area contributed by atoms with Crippen LogP contribution in [0.1, 0.15) is 50.5 Å². The van der Waals surface area contributed by atoms with Crippen molar-refractivity contribution in [1.29, 1.82) is 0 Å². The van der Waals surface area contributed by atoms with Crippen molar-refractivity contribution in [2.24, 2.45) is 0 Å². The van der Waals surface area contributed by atoms with Crippen LogP contribution in [0.4, 0.5) is 5.69 Å². The van der Waals surface area contributed by atoms with E-state index >= 15 is 0 Å². The normalized spacial score (nSPS) is 21.1. The third kappa shape index (κ3) is 4.05. The number of nitrogens with zero attached hydrogens (tertiary/aromatic N) is 2. The third-order valence-corrected chi connectivity index (χ3v) is 4.54. The van der Waals surface area contributed by atoms with Gasteiger partial charge in [0, 0.05) is 42.4 Å². The molecule has 0 aliphatic carbocycles. The fourth-order valence-electron chi connectivity index (χ4n) is 2.96. The summed E-state index contributed by atoms with van der Waals surface area (Å²) < 4.78 is 0. The molecule has 24 heavy (non-hydrogen) atoms. The molecule has 2 rings (SSSR count). The van der Waals surface area contributed by atoms with E-state index in [9.17, 15) is 14.9 Å². The van der Waals surface area contributed by atoms with Gasteiger partial charge in [-0.2, -0.15) is 0 Å². The molecule has 0 saturated carbocycles. The summed E-state index contributed by atoms with van der Waals surface area (Å²) in [5.74, 6) is -0.144. The van der Waals surface area contributed by atoms with Crippen LogP contribution in [-0.4, -0.2) is 40.9 Å². The smallest absolute Gasteiger partial charge is 0.273 e. The lowest BCUT2D eigenvalue weighted by atomic mass is 9.85. The Morgan fingerprint density at radius 1 is 1.33 bits per heavy atom. The van der Waals surface area contributed by atoms with Gasteiger partial charge in [-0.25, -0.2) is 0 Å². The van der Waals surface area contributed by atoms with Crippen molar-refractivity contribution >= 4 is 24.0 Å². The lowest BCUT2D eigenvalue weighted by molar-refractivity contribution is -0.386. The highest BCUT2D eigenvalue weighted by Gasteiger charge is 2.31. The van der Waals surface area contributed by atoms with Crippen LogP contribution in [0.2, 0.25) is 0 Å². The average Bonchev–Trinajstić information content (AvgIpc) is 2.47. The molecule has 1 aromatic rings. The number of nitro benzene ring substituents is 1. The van der Waals surface area contributed by atoms with Gasteiger partial charge in [0.1, 0.15) is 0 Å². The minimum atomic E-state index is -0.402. The van der Waals surface area contributed by atoms with Crippen LogP contribution < -0.4 is 5.32 Å². The Morgan fingerprint density at radius 3 is 2.50 bits per heavy atom. The number of nitro groups is 1. The number of hydrogen-bond acceptors (Lipinski definition) is 4. The van der Waals surface area contributed by atoms with Gasteiger partial charge in [-0.1, -0.05) is 26.8 Å². The molecule has 1 aliphatic heterocycles. The van der Waals surface area contributed by atoms with Gasteiger partial charge in [0.25, 0.3) is 11.6 Å². The maximum Gasteiger partial charge on any atom is 0.273 e. The van der Waals surface area contributed by atoms with Gasteiger partial charge < -0.3 is 10.2 Å². The largest absolute Gasteiger partial charge is 0.333 e. The highest BCUT2D eigenvalue weighted by atomic mass is 35.5. The van der Waals surface area contributed by atoms with Crippen molar-refractivity contribution in [3.8, 4) is 0 Å². The summed E-state index contributed by atoms with van der Waals surface area (Å²) >= 11 is 0. The zero-order valence-corrected chi connectivity index (χ0v) is 15.6. The molecule has 1 amide bonds. The number of rotatable bonds is 2. The molecule has 6 nitrogen and oxygen atoms in total. The Morgan fingerprint density at radius 2 is 1.96 bits per heavy atom. The molecule has 1 heterocycles. The predicted octanol–water partition coefficient (Wildman–Crippen LogP) is 3.14. The zero-order valence-electron chi connectivity index (χ0n) is 14.8. The second-order valence-corrected chi connectivity index (χ2v) is 7.22. The van der Waals surface area contributed by atoms with Crippen molar-refractivity contribution in [3.05, 3.63) is 39.4 Å². The first-order valence-corrected chi connectivity index (χ1v) is 7.96. The van der Waals surface area contributed by atoms with Gasteiger partial charge in [-0.05, 0) is 25.3 Å². The Bertz CT molecular complexity index is 628. The van der Waals surface area contributed by atoms with E-state index in [1.165, 1.54) is 6.07 Å². The van der Waals surface area contributed by atoms with Crippen molar-refractivity contribution < 1.29 is 9.72 Å². The number of hydrogen-bond donors (Lipinski definition) is 1.